The van der Waals surface area contributed by atoms with E-state index >= 15 is 0 Å². The molecule has 0 aliphatic carbocycles. The Morgan fingerprint density at radius 2 is 2.08 bits per heavy atom. The minimum absolute atomic E-state index is 0.0136. The standard InChI is InChI=1S/C16H29N5O3/c1-13-14(20-8-10-24-11-9-20)2-5-21(13)16(23)18-4-7-19-6-3-17-15(22)12-19/h13-14H,2-12H2,1H3,(H,17,22)(H,18,23)/t13-,14-/m1/s1. The zero-order chi connectivity index (χ0) is 16.9. The summed E-state index contributed by atoms with van der Waals surface area (Å²) in [6, 6.07) is 0.675. The lowest BCUT2D eigenvalue weighted by Crippen LogP contribution is -2.52. The molecule has 0 aromatic heterocycles. The average molecular weight is 339 g/mol. The highest BCUT2D eigenvalue weighted by Crippen LogP contribution is 2.23. The number of rotatable bonds is 4. The summed E-state index contributed by atoms with van der Waals surface area (Å²) in [5, 5.41) is 5.82. The number of likely N-dealkylation sites (tertiary alicyclic amines) is 1. The molecule has 8 heteroatoms. The zero-order valence-electron chi connectivity index (χ0n) is 14.5. The van der Waals surface area contributed by atoms with Crippen LogP contribution in [0.1, 0.15) is 13.3 Å². The molecular weight excluding hydrogens is 310 g/mol. The van der Waals surface area contributed by atoms with E-state index < -0.39 is 0 Å². The number of ether oxygens (including phenoxy) is 1. The third-order valence-corrected chi connectivity index (χ3v) is 5.31. The fourth-order valence-corrected chi connectivity index (χ4v) is 3.91. The molecule has 0 aromatic carbocycles. The van der Waals surface area contributed by atoms with E-state index in [1.165, 1.54) is 0 Å². The first kappa shape index (κ1) is 17.4. The van der Waals surface area contributed by atoms with Gasteiger partial charge < -0.3 is 20.3 Å². The van der Waals surface area contributed by atoms with Crippen LogP contribution in [0.3, 0.4) is 0 Å². The minimum Gasteiger partial charge on any atom is -0.379 e. The van der Waals surface area contributed by atoms with Gasteiger partial charge in [0.15, 0.2) is 0 Å². The highest BCUT2D eigenvalue weighted by atomic mass is 16.5. The van der Waals surface area contributed by atoms with Crippen LogP contribution in [-0.2, 0) is 9.53 Å². The lowest BCUT2D eigenvalue weighted by molar-refractivity contribution is -0.124. The highest BCUT2D eigenvalue weighted by Gasteiger charge is 2.37. The van der Waals surface area contributed by atoms with E-state index in [4.69, 9.17) is 4.74 Å². The van der Waals surface area contributed by atoms with E-state index in [-0.39, 0.29) is 18.0 Å². The number of hydrogen-bond acceptors (Lipinski definition) is 5. The van der Waals surface area contributed by atoms with Crippen molar-refractivity contribution >= 4 is 11.9 Å². The molecule has 3 amide bonds. The summed E-state index contributed by atoms with van der Waals surface area (Å²) in [6.07, 6.45) is 1.03. The van der Waals surface area contributed by atoms with Crippen molar-refractivity contribution in [3.8, 4) is 0 Å². The largest absolute Gasteiger partial charge is 0.379 e. The molecule has 3 rings (SSSR count). The maximum atomic E-state index is 12.5. The second kappa shape index (κ2) is 8.13. The smallest absolute Gasteiger partial charge is 0.317 e. The van der Waals surface area contributed by atoms with Crippen LogP contribution < -0.4 is 10.6 Å². The topological polar surface area (TPSA) is 77.2 Å². The summed E-state index contributed by atoms with van der Waals surface area (Å²) >= 11 is 0. The van der Waals surface area contributed by atoms with Gasteiger partial charge in [-0.3, -0.25) is 14.6 Å². The van der Waals surface area contributed by atoms with Crippen LogP contribution in [0.25, 0.3) is 0 Å². The SMILES string of the molecule is C[C@@H]1[C@H](N2CCOCC2)CCN1C(=O)NCCN1CCNC(=O)C1. The van der Waals surface area contributed by atoms with Crippen molar-refractivity contribution in [3.05, 3.63) is 0 Å². The van der Waals surface area contributed by atoms with Crippen LogP contribution in [0, 0.1) is 0 Å². The van der Waals surface area contributed by atoms with Gasteiger partial charge in [0.25, 0.3) is 0 Å². The molecular formula is C16H29N5O3. The number of morpholine rings is 1. The maximum Gasteiger partial charge on any atom is 0.317 e. The van der Waals surface area contributed by atoms with Gasteiger partial charge in [-0.25, -0.2) is 4.79 Å². The van der Waals surface area contributed by atoms with Gasteiger partial charge in [-0.15, -0.1) is 0 Å². The molecule has 0 radical (unpaired) electrons. The van der Waals surface area contributed by atoms with Gasteiger partial charge >= 0.3 is 6.03 Å². The Bertz CT molecular complexity index is 455. The second-order valence-corrected chi connectivity index (χ2v) is 6.80. The number of piperazine rings is 1. The summed E-state index contributed by atoms with van der Waals surface area (Å²) < 4.78 is 5.42. The molecule has 8 nitrogen and oxygen atoms in total. The summed E-state index contributed by atoms with van der Waals surface area (Å²) in [5.74, 6) is 0.0640. The first-order valence-electron chi connectivity index (χ1n) is 9.00. The lowest BCUT2D eigenvalue weighted by atomic mass is 10.1. The molecule has 3 aliphatic rings. The molecule has 0 unspecified atom stereocenters. The molecule has 3 saturated heterocycles. The van der Waals surface area contributed by atoms with Gasteiger partial charge in [0.1, 0.15) is 0 Å². The van der Waals surface area contributed by atoms with E-state index in [2.05, 4.69) is 27.4 Å². The van der Waals surface area contributed by atoms with Crippen molar-refractivity contribution in [1.82, 2.24) is 25.3 Å². The molecule has 0 aromatic rings. The molecule has 0 saturated carbocycles. The Morgan fingerprint density at radius 1 is 1.29 bits per heavy atom. The van der Waals surface area contributed by atoms with Crippen LogP contribution in [0.5, 0.6) is 0 Å². The normalized spacial score (nSPS) is 29.5. The first-order valence-corrected chi connectivity index (χ1v) is 9.00. The summed E-state index contributed by atoms with van der Waals surface area (Å²) in [7, 11) is 0. The van der Waals surface area contributed by atoms with Gasteiger partial charge in [0.2, 0.25) is 5.91 Å². The maximum absolute atomic E-state index is 12.5. The van der Waals surface area contributed by atoms with Crippen LogP contribution in [0.2, 0.25) is 0 Å². The van der Waals surface area contributed by atoms with Crippen LogP contribution >= 0.6 is 0 Å². The fourth-order valence-electron chi connectivity index (χ4n) is 3.91. The molecule has 3 heterocycles. The van der Waals surface area contributed by atoms with Crippen molar-refractivity contribution in [1.29, 1.82) is 0 Å². The Balaban J connectivity index is 1.41. The number of urea groups is 1. The molecule has 0 bridgehead atoms. The number of amides is 3. The summed E-state index contributed by atoms with van der Waals surface area (Å²) in [4.78, 5) is 30.3. The molecule has 2 N–H and O–H groups in total. The van der Waals surface area contributed by atoms with Crippen LogP contribution in [0.4, 0.5) is 4.79 Å². The number of carbonyl (C=O) groups is 2. The van der Waals surface area contributed by atoms with E-state index in [1.807, 2.05) is 4.90 Å². The summed E-state index contributed by atoms with van der Waals surface area (Å²) in [5.41, 5.74) is 0. The predicted octanol–water partition coefficient (Wildman–Crippen LogP) is -1.08. The van der Waals surface area contributed by atoms with Crippen molar-refractivity contribution in [2.45, 2.75) is 25.4 Å². The monoisotopic (exact) mass is 339 g/mol. The van der Waals surface area contributed by atoms with E-state index in [1.54, 1.807) is 0 Å². The number of nitrogens with one attached hydrogen (secondary N) is 2. The first-order chi connectivity index (χ1) is 11.6. The van der Waals surface area contributed by atoms with Gasteiger partial charge in [0, 0.05) is 57.9 Å². The quantitative estimate of drug-likeness (QED) is 0.682. The third kappa shape index (κ3) is 4.17. The minimum atomic E-state index is 0.0136. The Hall–Kier alpha value is -1.38. The molecule has 2 atom stereocenters. The van der Waals surface area contributed by atoms with Gasteiger partial charge in [-0.05, 0) is 13.3 Å². The van der Waals surface area contributed by atoms with Crippen LogP contribution in [0.15, 0.2) is 0 Å². The second-order valence-electron chi connectivity index (χ2n) is 6.80. The van der Waals surface area contributed by atoms with Gasteiger partial charge in [-0.1, -0.05) is 0 Å². The lowest BCUT2D eigenvalue weighted by Gasteiger charge is -2.35. The summed E-state index contributed by atoms with van der Waals surface area (Å²) in [6.45, 7) is 9.71. The average Bonchev–Trinajstić information content (AvgIpc) is 2.97. The van der Waals surface area contributed by atoms with Crippen molar-refractivity contribution < 1.29 is 14.3 Å². The predicted molar refractivity (Wildman–Crippen MR) is 89.8 cm³/mol. The highest BCUT2D eigenvalue weighted by molar-refractivity contribution is 5.78. The van der Waals surface area contributed by atoms with Gasteiger partial charge in [-0.2, -0.15) is 0 Å². The molecule has 0 spiro atoms. The van der Waals surface area contributed by atoms with E-state index in [0.717, 1.165) is 45.8 Å². The van der Waals surface area contributed by atoms with E-state index in [9.17, 15) is 9.59 Å². The molecule has 136 valence electrons. The zero-order valence-corrected chi connectivity index (χ0v) is 14.5. The Morgan fingerprint density at radius 3 is 2.83 bits per heavy atom. The van der Waals surface area contributed by atoms with Crippen LogP contribution in [-0.4, -0.2) is 104 Å². The van der Waals surface area contributed by atoms with Gasteiger partial charge in [0.05, 0.1) is 19.8 Å². The van der Waals surface area contributed by atoms with E-state index in [0.29, 0.717) is 32.2 Å². The van der Waals surface area contributed by atoms with Crippen molar-refractivity contribution in [2.24, 2.45) is 0 Å². The third-order valence-electron chi connectivity index (χ3n) is 5.31. The molecule has 24 heavy (non-hydrogen) atoms. The van der Waals surface area contributed by atoms with Crippen molar-refractivity contribution in [2.75, 3.05) is 65.6 Å². The number of nitrogens with zero attached hydrogens (tertiary/aromatic N) is 3. The Labute approximate surface area is 143 Å². The molecule has 3 fully saturated rings. The molecule has 3 aliphatic heterocycles. The number of hydrogen-bond donors (Lipinski definition) is 2. The Kier molecular flexibility index (Phi) is 5.91. The van der Waals surface area contributed by atoms with Crippen molar-refractivity contribution in [3.63, 3.8) is 0 Å². The number of carbonyl (C=O) groups excluding carboxylic acids is 2. The fraction of sp³-hybridized carbons (Fsp3) is 0.875.